The van der Waals surface area contributed by atoms with Gasteiger partial charge in [0, 0.05) is 12.6 Å². The second kappa shape index (κ2) is 3.64. The summed E-state index contributed by atoms with van der Waals surface area (Å²) in [7, 11) is 0. The smallest absolute Gasteiger partial charge is 0.194 e. The van der Waals surface area contributed by atoms with Gasteiger partial charge < -0.3 is 14.1 Å². The molecule has 1 N–H and O–H groups in total. The highest BCUT2D eigenvalue weighted by Gasteiger charge is 2.20. The van der Waals surface area contributed by atoms with E-state index in [1.807, 2.05) is 6.20 Å². The molecule has 3 rings (SSSR count). The molecule has 1 aliphatic rings. The highest BCUT2D eigenvalue weighted by atomic mass is 35.5. The number of nitrogens with zero attached hydrogens (tertiary/aromatic N) is 2. The lowest BCUT2D eigenvalue weighted by atomic mass is 10.1. The molecule has 0 amide bonds. The fourth-order valence-electron chi connectivity index (χ4n) is 2.03. The van der Waals surface area contributed by atoms with Gasteiger partial charge in [0.25, 0.3) is 0 Å². The summed E-state index contributed by atoms with van der Waals surface area (Å²) in [6.07, 6.45) is 3.99. The van der Waals surface area contributed by atoms with Gasteiger partial charge in [0.15, 0.2) is 11.0 Å². The zero-order valence-corrected chi connectivity index (χ0v) is 9.31. The monoisotopic (exact) mass is 238 g/mol. The van der Waals surface area contributed by atoms with E-state index in [0.29, 0.717) is 11.0 Å². The Morgan fingerprint density at radius 2 is 2.38 bits per heavy atom. The van der Waals surface area contributed by atoms with E-state index < -0.39 is 6.23 Å². The Labute approximate surface area is 97.5 Å². The Bertz CT molecular complexity index is 518. The molecule has 2 aromatic rings. The molecule has 4 nitrogen and oxygen atoms in total. The van der Waals surface area contributed by atoms with Crippen LogP contribution in [0.25, 0.3) is 11.5 Å². The molecule has 0 aromatic carbocycles. The molecule has 0 spiro atoms. The number of imidazole rings is 1. The Morgan fingerprint density at radius 3 is 3.06 bits per heavy atom. The molecular formula is C11H11ClN2O2. The van der Waals surface area contributed by atoms with Crippen molar-refractivity contribution in [2.45, 2.75) is 25.5 Å². The van der Waals surface area contributed by atoms with Crippen molar-refractivity contribution in [3.05, 3.63) is 29.4 Å². The maximum Gasteiger partial charge on any atom is 0.194 e. The van der Waals surface area contributed by atoms with Crippen molar-refractivity contribution < 1.29 is 9.52 Å². The van der Waals surface area contributed by atoms with Crippen LogP contribution in [0, 0.1) is 0 Å². The molecule has 0 bridgehead atoms. The quantitative estimate of drug-likeness (QED) is 0.831. The number of fused-ring (bicyclic) bond motifs is 1. The summed E-state index contributed by atoms with van der Waals surface area (Å²) in [5.74, 6) is 1.54. The minimum atomic E-state index is -0.463. The van der Waals surface area contributed by atoms with Gasteiger partial charge in [0.2, 0.25) is 0 Å². The normalized spacial score (nSPS) is 19.8. The molecule has 0 fully saturated rings. The predicted molar refractivity (Wildman–Crippen MR) is 59.1 cm³/mol. The fourth-order valence-corrected chi connectivity index (χ4v) is 2.17. The first-order valence-corrected chi connectivity index (χ1v) is 5.63. The molecule has 5 heteroatoms. The number of hydrogen-bond donors (Lipinski definition) is 1. The van der Waals surface area contributed by atoms with Gasteiger partial charge in [-0.1, -0.05) is 0 Å². The van der Waals surface area contributed by atoms with E-state index in [1.165, 1.54) is 0 Å². The van der Waals surface area contributed by atoms with Crippen LogP contribution in [0.15, 0.2) is 22.7 Å². The van der Waals surface area contributed by atoms with Crippen LogP contribution < -0.4 is 0 Å². The van der Waals surface area contributed by atoms with Crippen LogP contribution in [-0.4, -0.2) is 14.7 Å². The van der Waals surface area contributed by atoms with Gasteiger partial charge in [-0.3, -0.25) is 0 Å². The third-order valence-corrected chi connectivity index (χ3v) is 3.02. The topological polar surface area (TPSA) is 51.2 Å². The van der Waals surface area contributed by atoms with Crippen LogP contribution in [-0.2, 0) is 6.42 Å². The minimum absolute atomic E-state index is 0.349. The highest BCUT2D eigenvalue weighted by molar-refractivity contribution is 6.28. The number of aryl methyl sites for hydroxylation is 1. The first-order valence-electron chi connectivity index (χ1n) is 5.25. The van der Waals surface area contributed by atoms with E-state index in [2.05, 4.69) is 4.98 Å². The Kier molecular flexibility index (Phi) is 2.26. The third-order valence-electron chi connectivity index (χ3n) is 2.82. The Morgan fingerprint density at radius 1 is 1.50 bits per heavy atom. The molecule has 0 saturated carbocycles. The summed E-state index contributed by atoms with van der Waals surface area (Å²) in [4.78, 5) is 4.44. The van der Waals surface area contributed by atoms with E-state index in [0.717, 1.165) is 30.8 Å². The standard InChI is InChI=1S/C11H11ClN2O2/c12-9-5-4-8(16-9)7-6-14-10(13-7)2-1-3-11(14)15/h4-6,11,15H,1-3H2. The van der Waals surface area contributed by atoms with Crippen molar-refractivity contribution in [2.75, 3.05) is 0 Å². The molecule has 16 heavy (non-hydrogen) atoms. The number of aromatic nitrogens is 2. The Hall–Kier alpha value is -1.26. The number of halogens is 1. The fraction of sp³-hybridized carbons (Fsp3) is 0.364. The van der Waals surface area contributed by atoms with E-state index in [9.17, 15) is 5.11 Å². The van der Waals surface area contributed by atoms with Crippen LogP contribution >= 0.6 is 11.6 Å². The van der Waals surface area contributed by atoms with Crippen LogP contribution in [0.4, 0.5) is 0 Å². The SMILES string of the molecule is OC1CCCc2nc(-c3ccc(Cl)o3)cn21. The first kappa shape index (κ1) is 9.93. The molecule has 3 heterocycles. The number of furan rings is 1. The molecule has 1 aliphatic heterocycles. The average molecular weight is 239 g/mol. The van der Waals surface area contributed by atoms with Gasteiger partial charge in [-0.15, -0.1) is 0 Å². The van der Waals surface area contributed by atoms with Gasteiger partial charge in [-0.25, -0.2) is 4.98 Å². The zero-order chi connectivity index (χ0) is 11.1. The van der Waals surface area contributed by atoms with Crippen molar-refractivity contribution in [3.8, 4) is 11.5 Å². The summed E-state index contributed by atoms with van der Waals surface area (Å²) < 4.78 is 7.09. The van der Waals surface area contributed by atoms with Crippen molar-refractivity contribution in [2.24, 2.45) is 0 Å². The highest BCUT2D eigenvalue weighted by Crippen LogP contribution is 2.28. The van der Waals surface area contributed by atoms with Gasteiger partial charge in [-0.05, 0) is 36.6 Å². The number of hydrogen-bond acceptors (Lipinski definition) is 3. The van der Waals surface area contributed by atoms with Crippen LogP contribution in [0.1, 0.15) is 24.9 Å². The van der Waals surface area contributed by atoms with Crippen molar-refractivity contribution in [3.63, 3.8) is 0 Å². The summed E-state index contributed by atoms with van der Waals surface area (Å²) in [5.41, 5.74) is 0.725. The number of rotatable bonds is 1. The lowest BCUT2D eigenvalue weighted by Gasteiger charge is -2.19. The van der Waals surface area contributed by atoms with E-state index >= 15 is 0 Å². The second-order valence-electron chi connectivity index (χ2n) is 3.93. The molecule has 2 aromatic heterocycles. The average Bonchev–Trinajstić information content (AvgIpc) is 2.84. The predicted octanol–water partition coefficient (Wildman–Crippen LogP) is 2.62. The maximum absolute atomic E-state index is 9.79. The number of aliphatic hydroxyl groups is 1. The van der Waals surface area contributed by atoms with Crippen LogP contribution in [0.2, 0.25) is 5.22 Å². The van der Waals surface area contributed by atoms with Crippen molar-refractivity contribution in [1.29, 1.82) is 0 Å². The molecular weight excluding hydrogens is 228 g/mol. The molecule has 84 valence electrons. The minimum Gasteiger partial charge on any atom is -0.443 e. The molecule has 0 saturated heterocycles. The summed E-state index contributed by atoms with van der Waals surface area (Å²) in [6, 6.07) is 3.47. The van der Waals surface area contributed by atoms with Gasteiger partial charge >= 0.3 is 0 Å². The molecule has 1 unspecified atom stereocenters. The van der Waals surface area contributed by atoms with Crippen LogP contribution in [0.5, 0.6) is 0 Å². The van der Waals surface area contributed by atoms with E-state index in [4.69, 9.17) is 16.0 Å². The first-order chi connectivity index (χ1) is 7.74. The maximum atomic E-state index is 9.79. The number of aliphatic hydroxyl groups excluding tert-OH is 1. The molecule has 1 atom stereocenters. The van der Waals surface area contributed by atoms with Crippen molar-refractivity contribution in [1.82, 2.24) is 9.55 Å². The molecule has 0 radical (unpaired) electrons. The summed E-state index contributed by atoms with van der Waals surface area (Å²) >= 11 is 5.72. The van der Waals surface area contributed by atoms with E-state index in [-0.39, 0.29) is 0 Å². The summed E-state index contributed by atoms with van der Waals surface area (Å²) in [6.45, 7) is 0. The summed E-state index contributed by atoms with van der Waals surface area (Å²) in [5, 5.41) is 10.1. The van der Waals surface area contributed by atoms with Crippen molar-refractivity contribution >= 4 is 11.6 Å². The van der Waals surface area contributed by atoms with Gasteiger partial charge in [-0.2, -0.15) is 0 Å². The molecule has 0 aliphatic carbocycles. The Balaban J connectivity index is 2.04. The van der Waals surface area contributed by atoms with Crippen LogP contribution in [0.3, 0.4) is 0 Å². The lowest BCUT2D eigenvalue weighted by molar-refractivity contribution is 0.0781. The van der Waals surface area contributed by atoms with Gasteiger partial charge in [0.05, 0.1) is 0 Å². The second-order valence-corrected chi connectivity index (χ2v) is 4.30. The third kappa shape index (κ3) is 1.54. The zero-order valence-electron chi connectivity index (χ0n) is 8.56. The largest absolute Gasteiger partial charge is 0.443 e. The van der Waals surface area contributed by atoms with E-state index in [1.54, 1.807) is 16.7 Å². The van der Waals surface area contributed by atoms with Gasteiger partial charge in [0.1, 0.15) is 17.7 Å². The lowest BCUT2D eigenvalue weighted by Crippen LogP contribution is -2.16.